The molecular formula is C20H17N3O4. The summed E-state index contributed by atoms with van der Waals surface area (Å²) in [5, 5.41) is 5.53. The van der Waals surface area contributed by atoms with Crippen LogP contribution in [0.25, 0.3) is 0 Å². The molecule has 0 aliphatic carbocycles. The van der Waals surface area contributed by atoms with Gasteiger partial charge in [0.05, 0.1) is 11.1 Å². The molecule has 7 nitrogen and oxygen atoms in total. The van der Waals surface area contributed by atoms with E-state index in [2.05, 4.69) is 10.6 Å². The van der Waals surface area contributed by atoms with E-state index in [0.717, 1.165) is 16.2 Å². The highest BCUT2D eigenvalue weighted by atomic mass is 16.2. The molecule has 0 bridgehead atoms. The van der Waals surface area contributed by atoms with Crippen LogP contribution in [0, 0.1) is 0 Å². The summed E-state index contributed by atoms with van der Waals surface area (Å²) in [5.41, 5.74) is 2.84. The van der Waals surface area contributed by atoms with Gasteiger partial charge in [0.25, 0.3) is 11.8 Å². The smallest absolute Gasteiger partial charge is 0.262 e. The van der Waals surface area contributed by atoms with Gasteiger partial charge in [-0.3, -0.25) is 24.1 Å². The number of carbonyl (C=O) groups is 4. The summed E-state index contributed by atoms with van der Waals surface area (Å²) in [6.07, 6.45) is 0.995. The van der Waals surface area contributed by atoms with Crippen LogP contribution >= 0.6 is 0 Å². The van der Waals surface area contributed by atoms with E-state index >= 15 is 0 Å². The number of carbonyl (C=O) groups excluding carboxylic acids is 4. The van der Waals surface area contributed by atoms with Crippen LogP contribution in [0.2, 0.25) is 0 Å². The lowest BCUT2D eigenvalue weighted by Gasteiger charge is -2.22. The van der Waals surface area contributed by atoms with Crippen LogP contribution < -0.4 is 10.6 Å². The average Bonchev–Trinajstić information content (AvgIpc) is 2.92. The first kappa shape index (κ1) is 17.0. The number of imide groups is 1. The Bertz CT molecular complexity index is 963. The van der Waals surface area contributed by atoms with Gasteiger partial charge in [0, 0.05) is 17.8 Å². The highest BCUT2D eigenvalue weighted by Crippen LogP contribution is 2.27. The van der Waals surface area contributed by atoms with Crippen molar-refractivity contribution in [3.63, 3.8) is 0 Å². The molecule has 0 saturated heterocycles. The maximum absolute atomic E-state index is 12.6. The zero-order valence-corrected chi connectivity index (χ0v) is 14.6. The summed E-state index contributed by atoms with van der Waals surface area (Å²) in [4.78, 5) is 50.1. The quantitative estimate of drug-likeness (QED) is 0.817. The largest absolute Gasteiger partial charge is 0.326 e. The highest BCUT2D eigenvalue weighted by Gasteiger charge is 2.40. The van der Waals surface area contributed by atoms with E-state index in [1.54, 1.807) is 42.5 Å². The molecule has 2 aromatic carbocycles. The summed E-state index contributed by atoms with van der Waals surface area (Å²) < 4.78 is 0. The molecule has 4 rings (SSSR count). The minimum absolute atomic E-state index is 0.0291. The van der Waals surface area contributed by atoms with Crippen LogP contribution in [-0.2, 0) is 16.0 Å². The zero-order chi connectivity index (χ0) is 19.1. The number of benzene rings is 2. The van der Waals surface area contributed by atoms with E-state index in [9.17, 15) is 19.2 Å². The topological polar surface area (TPSA) is 95.6 Å². The summed E-state index contributed by atoms with van der Waals surface area (Å²) in [7, 11) is 0. The fourth-order valence-corrected chi connectivity index (χ4v) is 3.38. The second-order valence-corrected chi connectivity index (χ2v) is 6.61. The number of anilines is 2. The first-order chi connectivity index (χ1) is 13.0. The van der Waals surface area contributed by atoms with Gasteiger partial charge in [-0.1, -0.05) is 12.1 Å². The van der Waals surface area contributed by atoms with Crippen LogP contribution in [0.5, 0.6) is 0 Å². The first-order valence-corrected chi connectivity index (χ1v) is 8.66. The maximum Gasteiger partial charge on any atom is 0.262 e. The molecule has 0 spiro atoms. The van der Waals surface area contributed by atoms with E-state index in [1.807, 2.05) is 0 Å². The van der Waals surface area contributed by atoms with Crippen molar-refractivity contribution >= 4 is 35.0 Å². The summed E-state index contributed by atoms with van der Waals surface area (Å²) in [5.74, 6) is -1.42. The number of hydrogen-bond donors (Lipinski definition) is 2. The number of nitrogens with zero attached hydrogens (tertiary/aromatic N) is 1. The van der Waals surface area contributed by atoms with Crippen molar-refractivity contribution in [1.29, 1.82) is 0 Å². The molecule has 2 aromatic rings. The van der Waals surface area contributed by atoms with Gasteiger partial charge in [0.1, 0.15) is 6.04 Å². The molecule has 1 atom stereocenters. The lowest BCUT2D eigenvalue weighted by atomic mass is 10.0. The fourth-order valence-electron chi connectivity index (χ4n) is 3.38. The molecule has 2 aliphatic heterocycles. The molecule has 4 amide bonds. The molecule has 27 heavy (non-hydrogen) atoms. The van der Waals surface area contributed by atoms with Gasteiger partial charge < -0.3 is 10.6 Å². The highest BCUT2D eigenvalue weighted by molar-refractivity contribution is 6.23. The minimum atomic E-state index is -0.951. The van der Waals surface area contributed by atoms with E-state index in [-0.39, 0.29) is 5.91 Å². The predicted molar refractivity (Wildman–Crippen MR) is 98.4 cm³/mol. The summed E-state index contributed by atoms with van der Waals surface area (Å²) in [6, 6.07) is 10.8. The Morgan fingerprint density at radius 2 is 1.70 bits per heavy atom. The third-order valence-electron chi connectivity index (χ3n) is 4.86. The average molecular weight is 363 g/mol. The standard InChI is InChI=1S/C20H17N3O4/c1-11(23-19(26)14-4-2-3-5-15(14)20(23)27)18(25)21-13-7-8-16-12(10-13)6-9-17(24)22-16/h2-5,7-8,10-11H,6,9H2,1H3,(H,21,25)(H,22,24). The second kappa shape index (κ2) is 6.35. The third kappa shape index (κ3) is 2.87. The molecule has 2 N–H and O–H groups in total. The monoisotopic (exact) mass is 363 g/mol. The van der Waals surface area contributed by atoms with E-state index in [1.165, 1.54) is 6.92 Å². The van der Waals surface area contributed by atoms with Crippen molar-refractivity contribution in [2.24, 2.45) is 0 Å². The van der Waals surface area contributed by atoms with Gasteiger partial charge in [0.15, 0.2) is 0 Å². The van der Waals surface area contributed by atoms with Gasteiger partial charge in [-0.25, -0.2) is 0 Å². The van der Waals surface area contributed by atoms with Crippen molar-refractivity contribution in [1.82, 2.24) is 4.90 Å². The molecule has 7 heteroatoms. The van der Waals surface area contributed by atoms with Crippen molar-refractivity contribution in [2.75, 3.05) is 10.6 Å². The first-order valence-electron chi connectivity index (χ1n) is 8.66. The van der Waals surface area contributed by atoms with Crippen LogP contribution in [0.15, 0.2) is 42.5 Å². The van der Waals surface area contributed by atoms with Gasteiger partial charge >= 0.3 is 0 Å². The minimum Gasteiger partial charge on any atom is -0.326 e. The van der Waals surface area contributed by atoms with Crippen molar-refractivity contribution < 1.29 is 19.2 Å². The Morgan fingerprint density at radius 3 is 2.37 bits per heavy atom. The maximum atomic E-state index is 12.6. The molecular weight excluding hydrogens is 346 g/mol. The number of rotatable bonds is 3. The van der Waals surface area contributed by atoms with Crippen LogP contribution in [-0.4, -0.2) is 34.6 Å². The Morgan fingerprint density at radius 1 is 1.04 bits per heavy atom. The lowest BCUT2D eigenvalue weighted by Crippen LogP contribution is -2.45. The SMILES string of the molecule is CC(C(=O)Nc1ccc2c(c1)CCC(=O)N2)N1C(=O)c2ccccc2C1=O. The Kier molecular flexibility index (Phi) is 3.99. The molecule has 1 unspecified atom stereocenters. The van der Waals surface area contributed by atoms with Crippen LogP contribution in [0.4, 0.5) is 11.4 Å². The Hall–Kier alpha value is -3.48. The van der Waals surface area contributed by atoms with E-state index < -0.39 is 23.8 Å². The summed E-state index contributed by atoms with van der Waals surface area (Å²) in [6.45, 7) is 1.52. The van der Waals surface area contributed by atoms with Crippen molar-refractivity contribution in [2.45, 2.75) is 25.8 Å². The van der Waals surface area contributed by atoms with Gasteiger partial charge in [-0.05, 0) is 49.2 Å². The van der Waals surface area contributed by atoms with Crippen molar-refractivity contribution in [3.05, 3.63) is 59.2 Å². The Balaban J connectivity index is 1.52. The number of fused-ring (bicyclic) bond motifs is 2. The fraction of sp³-hybridized carbons (Fsp3) is 0.200. The van der Waals surface area contributed by atoms with E-state index in [4.69, 9.17) is 0 Å². The zero-order valence-electron chi connectivity index (χ0n) is 14.6. The molecule has 0 fully saturated rings. The molecule has 2 heterocycles. The van der Waals surface area contributed by atoms with E-state index in [0.29, 0.717) is 29.7 Å². The number of hydrogen-bond acceptors (Lipinski definition) is 4. The molecule has 2 aliphatic rings. The second-order valence-electron chi connectivity index (χ2n) is 6.61. The molecule has 0 aromatic heterocycles. The van der Waals surface area contributed by atoms with Crippen LogP contribution in [0.1, 0.15) is 39.6 Å². The molecule has 0 radical (unpaired) electrons. The molecule has 136 valence electrons. The van der Waals surface area contributed by atoms with Gasteiger partial charge in [-0.2, -0.15) is 0 Å². The predicted octanol–water partition coefficient (Wildman–Crippen LogP) is 2.19. The normalized spacial score (nSPS) is 16.5. The third-order valence-corrected chi connectivity index (χ3v) is 4.86. The number of nitrogens with one attached hydrogen (secondary N) is 2. The van der Waals surface area contributed by atoms with Gasteiger partial charge in [0.2, 0.25) is 11.8 Å². The summed E-state index contributed by atoms with van der Waals surface area (Å²) >= 11 is 0. The van der Waals surface area contributed by atoms with Gasteiger partial charge in [-0.15, -0.1) is 0 Å². The lowest BCUT2D eigenvalue weighted by molar-refractivity contribution is -0.119. The van der Waals surface area contributed by atoms with Crippen LogP contribution in [0.3, 0.4) is 0 Å². The number of amides is 4. The Labute approximate surface area is 155 Å². The van der Waals surface area contributed by atoms with Crippen molar-refractivity contribution in [3.8, 4) is 0 Å². The molecule has 0 saturated carbocycles. The number of aryl methyl sites for hydroxylation is 1.